The number of carbonyl (C=O) groups is 1. The van der Waals surface area contributed by atoms with Crippen molar-refractivity contribution in [3.63, 3.8) is 0 Å². The van der Waals surface area contributed by atoms with Gasteiger partial charge in [-0.15, -0.1) is 5.92 Å². The Morgan fingerprint density at radius 1 is 1.39 bits per heavy atom. The second-order valence-electron chi connectivity index (χ2n) is 7.71. The van der Waals surface area contributed by atoms with Gasteiger partial charge in [0.05, 0.1) is 12.6 Å². The first kappa shape index (κ1) is 21.8. The summed E-state index contributed by atoms with van der Waals surface area (Å²) in [5.74, 6) is 6.95. The Morgan fingerprint density at radius 3 is 2.82 bits per heavy atom. The molecule has 0 aliphatic carbocycles. The molecule has 6 nitrogen and oxygen atoms in total. The van der Waals surface area contributed by atoms with E-state index in [-0.39, 0.29) is 12.0 Å². The zero-order chi connectivity index (χ0) is 20.7. The number of nitrogens with one attached hydrogen (secondary N) is 3. The molecular formula is C21H29N3O3S. The van der Waals surface area contributed by atoms with Crippen LogP contribution in [0.3, 0.4) is 0 Å². The molecular weight excluding hydrogens is 374 g/mol. The third-order valence-corrected chi connectivity index (χ3v) is 4.33. The highest BCUT2D eigenvalue weighted by atomic mass is 32.1. The van der Waals surface area contributed by atoms with Crippen molar-refractivity contribution in [2.75, 3.05) is 18.5 Å². The number of amides is 1. The van der Waals surface area contributed by atoms with Crippen LogP contribution in [0.2, 0.25) is 0 Å². The lowest BCUT2D eigenvalue weighted by molar-refractivity contribution is 0.0519. The van der Waals surface area contributed by atoms with Crippen LogP contribution in [0.5, 0.6) is 5.75 Å². The van der Waals surface area contributed by atoms with E-state index in [1.807, 2.05) is 45.9 Å². The number of hydrogen-bond donors (Lipinski definition) is 3. The second-order valence-corrected chi connectivity index (χ2v) is 8.12. The molecule has 1 aliphatic rings. The lowest BCUT2D eigenvalue weighted by Gasteiger charge is -2.24. The summed E-state index contributed by atoms with van der Waals surface area (Å²) in [5.41, 5.74) is 1.54. The van der Waals surface area contributed by atoms with E-state index in [1.165, 1.54) is 0 Å². The van der Waals surface area contributed by atoms with Crippen LogP contribution in [-0.2, 0) is 11.2 Å². The minimum absolute atomic E-state index is 0.0181. The molecule has 1 amide bonds. The molecule has 1 unspecified atom stereocenters. The van der Waals surface area contributed by atoms with Gasteiger partial charge in [0.25, 0.3) is 0 Å². The first-order valence-electron chi connectivity index (χ1n) is 9.41. The van der Waals surface area contributed by atoms with E-state index in [1.54, 1.807) is 6.92 Å². The number of rotatable bonds is 5. The maximum Gasteiger partial charge on any atom is 0.407 e. The van der Waals surface area contributed by atoms with Crippen LogP contribution >= 0.6 is 12.2 Å². The summed E-state index contributed by atoms with van der Waals surface area (Å²) >= 11 is 5.48. The van der Waals surface area contributed by atoms with Crippen LogP contribution < -0.4 is 20.7 Å². The van der Waals surface area contributed by atoms with E-state index >= 15 is 0 Å². The van der Waals surface area contributed by atoms with E-state index < -0.39 is 11.7 Å². The van der Waals surface area contributed by atoms with Gasteiger partial charge in [-0.3, -0.25) is 0 Å². The van der Waals surface area contributed by atoms with Gasteiger partial charge in [0, 0.05) is 30.1 Å². The molecule has 1 aliphatic heterocycles. The Kier molecular flexibility index (Phi) is 7.53. The van der Waals surface area contributed by atoms with Gasteiger partial charge in [0.15, 0.2) is 5.11 Å². The van der Waals surface area contributed by atoms with Crippen LogP contribution in [0, 0.1) is 17.8 Å². The smallest absolute Gasteiger partial charge is 0.407 e. The fourth-order valence-electron chi connectivity index (χ4n) is 2.79. The summed E-state index contributed by atoms with van der Waals surface area (Å²) in [7, 11) is 0. The highest BCUT2D eigenvalue weighted by Gasteiger charge is 2.21. The Morgan fingerprint density at radius 2 is 2.14 bits per heavy atom. The fourth-order valence-corrected chi connectivity index (χ4v) is 3.03. The van der Waals surface area contributed by atoms with Gasteiger partial charge < -0.3 is 25.4 Å². The molecule has 1 heterocycles. The summed E-state index contributed by atoms with van der Waals surface area (Å²) in [6, 6.07) is 5.66. The van der Waals surface area contributed by atoms with E-state index in [0.717, 1.165) is 23.4 Å². The normalized spacial score (nSPS) is 14.5. The zero-order valence-electron chi connectivity index (χ0n) is 17.1. The maximum absolute atomic E-state index is 11.9. The van der Waals surface area contributed by atoms with Crippen LogP contribution in [0.4, 0.5) is 10.5 Å². The van der Waals surface area contributed by atoms with Gasteiger partial charge in [-0.25, -0.2) is 4.79 Å². The number of fused-ring (bicyclic) bond motifs is 1. The van der Waals surface area contributed by atoms with Crippen LogP contribution in [0.1, 0.15) is 40.2 Å². The molecule has 1 aromatic rings. The number of hydrogen-bond acceptors (Lipinski definition) is 4. The monoisotopic (exact) mass is 403 g/mol. The Labute approximate surface area is 172 Å². The summed E-state index contributed by atoms with van der Waals surface area (Å²) in [6.45, 7) is 10.4. The third kappa shape index (κ3) is 6.61. The molecule has 7 heteroatoms. The molecule has 2 rings (SSSR count). The van der Waals surface area contributed by atoms with Gasteiger partial charge in [0.2, 0.25) is 0 Å². The minimum atomic E-state index is -0.528. The topological polar surface area (TPSA) is 71.6 Å². The molecule has 3 N–H and O–H groups in total. The molecule has 2 atom stereocenters. The Hall–Kier alpha value is -2.46. The summed E-state index contributed by atoms with van der Waals surface area (Å²) < 4.78 is 10.9. The fraction of sp³-hybridized carbons (Fsp3) is 0.524. The predicted octanol–water partition coefficient (Wildman–Crippen LogP) is 3.46. The molecule has 0 bridgehead atoms. The van der Waals surface area contributed by atoms with Crippen molar-refractivity contribution >= 4 is 29.1 Å². The van der Waals surface area contributed by atoms with Crippen molar-refractivity contribution in [2.45, 2.75) is 52.7 Å². The Bertz CT molecular complexity index is 777. The van der Waals surface area contributed by atoms with Gasteiger partial charge in [-0.1, -0.05) is 18.9 Å². The lowest BCUT2D eigenvalue weighted by Crippen LogP contribution is -2.45. The molecule has 0 spiro atoms. The molecule has 0 radical (unpaired) electrons. The van der Waals surface area contributed by atoms with Crippen molar-refractivity contribution in [3.8, 4) is 17.6 Å². The maximum atomic E-state index is 11.9. The number of thiocarbonyl (C=S) groups is 1. The zero-order valence-corrected chi connectivity index (χ0v) is 18.0. The van der Waals surface area contributed by atoms with Crippen LogP contribution in [0.25, 0.3) is 0 Å². The predicted molar refractivity (Wildman–Crippen MR) is 116 cm³/mol. The van der Waals surface area contributed by atoms with Crippen molar-refractivity contribution in [3.05, 3.63) is 23.8 Å². The van der Waals surface area contributed by atoms with Crippen molar-refractivity contribution in [2.24, 2.45) is 5.92 Å². The van der Waals surface area contributed by atoms with Crippen LogP contribution in [0.15, 0.2) is 18.2 Å². The SMILES string of the molecule is CC#CC(NC(=S)Nc1cccc2c1CCO2)[C@H](C)CNC(=O)OC(C)(C)C. The van der Waals surface area contributed by atoms with Gasteiger partial charge >= 0.3 is 6.09 Å². The van der Waals surface area contributed by atoms with E-state index in [4.69, 9.17) is 21.7 Å². The van der Waals surface area contributed by atoms with Gasteiger partial charge in [0.1, 0.15) is 11.4 Å². The number of carbonyl (C=O) groups excluding carboxylic acids is 1. The first-order chi connectivity index (χ1) is 13.2. The minimum Gasteiger partial charge on any atom is -0.493 e. The average Bonchev–Trinajstić information content (AvgIpc) is 3.07. The highest BCUT2D eigenvalue weighted by Crippen LogP contribution is 2.31. The first-order valence-corrected chi connectivity index (χ1v) is 9.81. The second kappa shape index (κ2) is 9.65. The lowest BCUT2D eigenvalue weighted by atomic mass is 10.0. The summed E-state index contributed by atoms with van der Waals surface area (Å²) in [5, 5.41) is 9.75. The number of ether oxygens (including phenoxy) is 2. The third-order valence-electron chi connectivity index (χ3n) is 4.11. The molecule has 0 saturated heterocycles. The molecule has 28 heavy (non-hydrogen) atoms. The summed E-state index contributed by atoms with van der Waals surface area (Å²) in [6.07, 6.45) is 0.415. The van der Waals surface area contributed by atoms with E-state index in [2.05, 4.69) is 27.8 Å². The molecule has 0 saturated carbocycles. The van der Waals surface area contributed by atoms with Crippen molar-refractivity contribution in [1.82, 2.24) is 10.6 Å². The van der Waals surface area contributed by atoms with Gasteiger partial charge in [-0.05, 0) is 52.0 Å². The average molecular weight is 404 g/mol. The van der Waals surface area contributed by atoms with E-state index in [0.29, 0.717) is 18.3 Å². The molecule has 1 aromatic carbocycles. The van der Waals surface area contributed by atoms with Crippen molar-refractivity contribution < 1.29 is 14.3 Å². The number of anilines is 1. The quantitative estimate of drug-likeness (QED) is 0.517. The van der Waals surface area contributed by atoms with Crippen molar-refractivity contribution in [1.29, 1.82) is 0 Å². The molecule has 0 aromatic heterocycles. The molecule has 0 fully saturated rings. The number of alkyl carbamates (subject to hydrolysis) is 1. The van der Waals surface area contributed by atoms with Crippen LogP contribution in [-0.4, -0.2) is 36.0 Å². The van der Waals surface area contributed by atoms with Gasteiger partial charge in [-0.2, -0.15) is 0 Å². The van der Waals surface area contributed by atoms with E-state index in [9.17, 15) is 4.79 Å². The number of benzene rings is 1. The highest BCUT2D eigenvalue weighted by molar-refractivity contribution is 7.80. The Balaban J connectivity index is 1.92. The standard InChI is InChI=1S/C21H29N3O3S/c1-6-8-16(14(2)13-22-20(25)27-21(3,4)5)23-19(28)24-17-9-7-10-18-15(17)11-12-26-18/h7,9-10,14,16H,11-13H2,1-5H3,(H,22,25)(H2,23,24,28)/t14-,16?/m1/s1. The summed E-state index contributed by atoms with van der Waals surface area (Å²) in [4.78, 5) is 11.9. The molecule has 152 valence electrons. The largest absolute Gasteiger partial charge is 0.493 e.